The van der Waals surface area contributed by atoms with E-state index < -0.39 is 0 Å². The fourth-order valence-electron chi connectivity index (χ4n) is 0. The third kappa shape index (κ3) is 764. The zero-order valence-electron chi connectivity index (χ0n) is 5.47. The molecule has 0 aromatic heterocycles. The van der Waals surface area contributed by atoms with Crippen LogP contribution >= 0.6 is 0 Å². The summed E-state index contributed by atoms with van der Waals surface area (Å²) in [6, 6.07) is 0. The fourth-order valence-corrected chi connectivity index (χ4v) is 0. The van der Waals surface area contributed by atoms with Gasteiger partial charge in [0.05, 0.1) is 0 Å². The van der Waals surface area contributed by atoms with Crippen LogP contribution in [-0.2, 0) is 16.8 Å². The maximum atomic E-state index is 0. The van der Waals surface area contributed by atoms with Crippen molar-refractivity contribution in [3.05, 3.63) is 0 Å². The molecule has 1 radical (unpaired) electrons. The van der Waals surface area contributed by atoms with Crippen LogP contribution in [0.15, 0.2) is 0 Å². The molecule has 0 saturated carbocycles. The van der Waals surface area contributed by atoms with Crippen molar-refractivity contribution >= 4 is 0 Å². The molecule has 0 bridgehead atoms. The molecule has 0 unspecified atom stereocenters. The summed E-state index contributed by atoms with van der Waals surface area (Å²) in [5.74, 6) is 0. The molecule has 0 aliphatic rings. The van der Waals surface area contributed by atoms with Gasteiger partial charge in [0.1, 0.15) is 0 Å². The second kappa shape index (κ2) is 941. The van der Waals surface area contributed by atoms with E-state index in [0.29, 0.717) is 0 Å². The van der Waals surface area contributed by atoms with Crippen LogP contribution in [0.4, 0.5) is 0 Å². The molecule has 11 heteroatoms. The minimum Gasteiger partial charge on any atom is -1.00 e. The van der Waals surface area contributed by atoms with Crippen molar-refractivity contribution in [3.63, 3.8) is 0 Å². The number of hydrogen-bond donors (Lipinski definition) is 1. The molecule has 11 heavy (non-hydrogen) atoms. The number of quaternary nitrogens is 1. The summed E-state index contributed by atoms with van der Waals surface area (Å²) in [5, 5.41) is 0. The van der Waals surface area contributed by atoms with Crippen LogP contribution in [0, 0.1) is 0 Å². The minimum absolute atomic E-state index is 0. The number of halogens is 3. The molecule has 87 valence electrons. The summed E-state index contributed by atoms with van der Waals surface area (Å²) in [5.41, 5.74) is 0. The third-order valence-corrected chi connectivity index (χ3v) is 0. The second-order valence-electron chi connectivity index (χ2n) is 0. The van der Waals surface area contributed by atoms with Gasteiger partial charge < -0.3 is 76.2 Å². The van der Waals surface area contributed by atoms with Crippen LogP contribution in [0.3, 0.4) is 0 Å². The zero-order valence-corrected chi connectivity index (χ0v) is 8.78. The van der Waals surface area contributed by atoms with E-state index in [4.69, 9.17) is 0 Å². The Bertz CT molecular complexity index is 17.8. The summed E-state index contributed by atoms with van der Waals surface area (Å²) in [6.07, 6.45) is 0. The van der Waals surface area contributed by atoms with Gasteiger partial charge in [-0.2, -0.15) is 0 Å². The van der Waals surface area contributed by atoms with E-state index >= 15 is 0 Å². The van der Waals surface area contributed by atoms with Crippen molar-refractivity contribution in [2.24, 2.45) is 0 Å². The largest absolute Gasteiger partial charge is 2.00 e. The molecule has 0 fully saturated rings. The Kier molecular flexibility index (Phi) is 106000. The van der Waals surface area contributed by atoms with E-state index in [1.807, 2.05) is 0 Å². The summed E-state index contributed by atoms with van der Waals surface area (Å²) in [4.78, 5) is 0. The topological polar surface area (TPSA) is 226 Å². The van der Waals surface area contributed by atoms with Crippen LogP contribution < -0.4 is 43.4 Å². The van der Waals surface area contributed by atoms with Crippen LogP contribution in [-0.4, -0.2) is 32.9 Å². The van der Waals surface area contributed by atoms with Crippen molar-refractivity contribution in [1.82, 2.24) is 6.15 Å². The Morgan fingerprint density at radius 2 is 0.364 bits per heavy atom. The first kappa shape index (κ1) is 1240. The zero-order chi connectivity index (χ0) is 0. The van der Waals surface area contributed by atoms with Crippen LogP contribution in [0.2, 0.25) is 0 Å². The Morgan fingerprint density at radius 3 is 0.364 bits per heavy atom. The van der Waals surface area contributed by atoms with Crippen LogP contribution in [0.5, 0.6) is 0 Å². The average molecular weight is 291 g/mol. The van der Waals surface area contributed by atoms with E-state index in [9.17, 15) is 0 Å². The molecule has 0 aromatic carbocycles. The van der Waals surface area contributed by atoms with Gasteiger partial charge in [-0.15, -0.1) is 0 Å². The first-order valence-electron chi connectivity index (χ1n) is 0. The van der Waals surface area contributed by atoms with Gasteiger partial charge in [-0.1, -0.05) is 0 Å². The first-order valence-corrected chi connectivity index (χ1v) is 0. The summed E-state index contributed by atoms with van der Waals surface area (Å²) < 4.78 is 0. The van der Waals surface area contributed by atoms with Crippen molar-refractivity contribution in [2.45, 2.75) is 0 Å². The van der Waals surface area contributed by atoms with Gasteiger partial charge in [-0.05, 0) is 0 Å². The smallest absolute Gasteiger partial charge is 1.00 e. The van der Waals surface area contributed by atoms with E-state index in [2.05, 4.69) is 0 Å². The third-order valence-electron chi connectivity index (χ3n) is 0. The molecule has 7 nitrogen and oxygen atoms in total. The van der Waals surface area contributed by atoms with Gasteiger partial charge in [0.2, 0.25) is 0 Å². The Labute approximate surface area is 93.2 Å². The quantitative estimate of drug-likeness (QED) is 0.438. The molecule has 0 atom stereocenters. The fraction of sp³-hybridized carbons (Fsp3) is 0. The molecular formula is H16Cl3CoNO6. The monoisotopic (exact) mass is 290 g/mol. The van der Waals surface area contributed by atoms with Crippen molar-refractivity contribution in [2.75, 3.05) is 0 Å². The van der Waals surface area contributed by atoms with E-state index in [0.717, 1.165) is 0 Å². The average Bonchev–Trinajstić information content (AvgIpc) is 0. The van der Waals surface area contributed by atoms with E-state index in [-0.39, 0.29) is 93.0 Å². The Morgan fingerprint density at radius 1 is 0.364 bits per heavy atom. The molecule has 0 heterocycles. The maximum Gasteiger partial charge on any atom is 2.00 e. The molecule has 0 amide bonds. The standard InChI is InChI=1S/3ClH.Co.H3N.6H2O/h3*1H;;1H3;6*1H2/q;;;+2;;;;;;;/p-2. The SMILES string of the molecule is O.O.O.O.O.O.[Cl-].[Cl-].[Cl-].[Co+2].[NH4+]. The molecular weight excluding hydrogens is 275 g/mol. The molecule has 0 aromatic rings. The second-order valence-corrected chi connectivity index (χ2v) is 0. The molecule has 0 aliphatic carbocycles. The molecule has 0 spiro atoms. The van der Waals surface area contributed by atoms with Gasteiger partial charge in [-0.25, -0.2) is 0 Å². The first-order chi connectivity index (χ1) is 0. The summed E-state index contributed by atoms with van der Waals surface area (Å²) in [7, 11) is 0. The number of hydrogen-bond acceptors (Lipinski definition) is 0. The Hall–Kier alpha value is 1.10. The van der Waals surface area contributed by atoms with Gasteiger partial charge in [-0.3, -0.25) is 0 Å². The maximum absolute atomic E-state index is 0. The van der Waals surface area contributed by atoms with Gasteiger partial charge in [0, 0.05) is 0 Å². The number of rotatable bonds is 0. The van der Waals surface area contributed by atoms with Gasteiger partial charge in [0.15, 0.2) is 0 Å². The van der Waals surface area contributed by atoms with E-state index in [1.54, 1.807) is 0 Å². The van der Waals surface area contributed by atoms with Crippen molar-refractivity contribution < 1.29 is 86.9 Å². The van der Waals surface area contributed by atoms with Crippen LogP contribution in [0.1, 0.15) is 0 Å². The van der Waals surface area contributed by atoms with Crippen molar-refractivity contribution in [1.29, 1.82) is 0 Å². The molecule has 0 saturated heterocycles. The van der Waals surface area contributed by atoms with Crippen molar-refractivity contribution in [3.8, 4) is 0 Å². The predicted molar refractivity (Wildman–Crippen MR) is 27.7 cm³/mol. The van der Waals surface area contributed by atoms with Gasteiger partial charge in [0.25, 0.3) is 0 Å². The predicted octanol–water partition coefficient (Wildman–Crippen LogP) is -13.6. The summed E-state index contributed by atoms with van der Waals surface area (Å²) >= 11 is 0. The van der Waals surface area contributed by atoms with Gasteiger partial charge >= 0.3 is 16.8 Å². The normalized spacial score (nSPS) is 0. The molecule has 0 rings (SSSR count). The summed E-state index contributed by atoms with van der Waals surface area (Å²) in [6.45, 7) is 0. The molecule has 16 N–H and O–H groups in total. The minimum atomic E-state index is 0. The van der Waals surface area contributed by atoms with Crippen LogP contribution in [0.25, 0.3) is 0 Å². The Balaban J connectivity index is 0. The van der Waals surface area contributed by atoms with E-state index in [1.165, 1.54) is 0 Å². The molecule has 0 aliphatic heterocycles.